The minimum absolute atomic E-state index is 0.238. The third-order valence-electron chi connectivity index (χ3n) is 3.64. The Hall–Kier alpha value is -1.55. The first-order valence-corrected chi connectivity index (χ1v) is 6.13. The van der Waals surface area contributed by atoms with E-state index in [4.69, 9.17) is 0 Å². The van der Waals surface area contributed by atoms with E-state index in [2.05, 4.69) is 22.8 Å². The van der Waals surface area contributed by atoms with Gasteiger partial charge in [-0.1, -0.05) is 0 Å². The van der Waals surface area contributed by atoms with Crippen LogP contribution >= 0.6 is 0 Å². The second kappa shape index (κ2) is 4.04. The smallest absolute Gasteiger partial charge is 0.231 e. The monoisotopic (exact) mass is 231 g/mol. The number of fused-ring (bicyclic) bond motifs is 1. The van der Waals surface area contributed by atoms with Crippen molar-refractivity contribution in [3.63, 3.8) is 0 Å². The van der Waals surface area contributed by atoms with E-state index in [1.165, 1.54) is 0 Å². The van der Waals surface area contributed by atoms with Gasteiger partial charge < -0.3 is 15.5 Å². The van der Waals surface area contributed by atoms with E-state index in [9.17, 15) is 4.79 Å². The zero-order chi connectivity index (χ0) is 11.8. The highest BCUT2D eigenvalue weighted by Crippen LogP contribution is 2.33. The van der Waals surface area contributed by atoms with Gasteiger partial charge in [0.05, 0.1) is 12.5 Å². The van der Waals surface area contributed by atoms with E-state index in [0.717, 1.165) is 36.4 Å². The number of nitrogens with one attached hydrogen (secondary N) is 2. The molecule has 0 aromatic heterocycles. The van der Waals surface area contributed by atoms with Gasteiger partial charge in [0.25, 0.3) is 0 Å². The third-order valence-corrected chi connectivity index (χ3v) is 3.64. The van der Waals surface area contributed by atoms with Gasteiger partial charge in [-0.3, -0.25) is 4.79 Å². The number of rotatable bonds is 2. The lowest BCUT2D eigenvalue weighted by molar-refractivity contribution is -0.117. The molecule has 1 fully saturated rings. The summed E-state index contributed by atoms with van der Waals surface area (Å²) in [4.78, 5) is 14.1. The van der Waals surface area contributed by atoms with Crippen LogP contribution in [0.5, 0.6) is 0 Å². The Bertz CT molecular complexity index is 452. The Kier molecular flexibility index (Phi) is 2.52. The molecule has 2 heterocycles. The van der Waals surface area contributed by atoms with Gasteiger partial charge in [-0.2, -0.15) is 0 Å². The summed E-state index contributed by atoms with van der Waals surface area (Å²) in [5, 5.41) is 6.43. The predicted molar refractivity (Wildman–Crippen MR) is 68.5 cm³/mol. The summed E-state index contributed by atoms with van der Waals surface area (Å²) in [5.41, 5.74) is 3.32. The highest BCUT2D eigenvalue weighted by molar-refractivity contribution is 6.02. The largest absolute Gasteiger partial charge is 0.388 e. The molecule has 2 aliphatic heterocycles. The van der Waals surface area contributed by atoms with Crippen molar-refractivity contribution in [2.45, 2.75) is 18.9 Å². The summed E-state index contributed by atoms with van der Waals surface area (Å²) >= 11 is 0. The Morgan fingerprint density at radius 3 is 3.06 bits per heavy atom. The lowest BCUT2D eigenvalue weighted by Crippen LogP contribution is -2.39. The Morgan fingerprint density at radius 1 is 1.47 bits per heavy atom. The zero-order valence-corrected chi connectivity index (χ0v) is 9.99. The maximum absolute atomic E-state index is 12.1. The molecule has 0 bridgehead atoms. The highest BCUT2D eigenvalue weighted by atomic mass is 16.2. The van der Waals surface area contributed by atoms with Crippen LogP contribution in [0.3, 0.4) is 0 Å². The van der Waals surface area contributed by atoms with Crippen LogP contribution in [0.15, 0.2) is 18.2 Å². The number of carbonyl (C=O) groups excluding carboxylic acids is 1. The molecule has 1 atom stereocenters. The molecule has 90 valence electrons. The minimum atomic E-state index is 0.238. The first-order valence-electron chi connectivity index (χ1n) is 6.13. The number of hydrogen-bond acceptors (Lipinski definition) is 3. The summed E-state index contributed by atoms with van der Waals surface area (Å²) in [7, 11) is 1.90. The van der Waals surface area contributed by atoms with Crippen LogP contribution in [0.4, 0.5) is 11.4 Å². The molecule has 1 amide bonds. The summed E-state index contributed by atoms with van der Waals surface area (Å²) in [6.07, 6.45) is 1.60. The van der Waals surface area contributed by atoms with Crippen molar-refractivity contribution in [1.29, 1.82) is 0 Å². The molecule has 4 heteroatoms. The molecule has 1 aromatic carbocycles. The van der Waals surface area contributed by atoms with Gasteiger partial charge in [-0.05, 0) is 36.7 Å². The van der Waals surface area contributed by atoms with Crippen molar-refractivity contribution in [1.82, 2.24) is 5.32 Å². The summed E-state index contributed by atoms with van der Waals surface area (Å²) in [5.74, 6) is 0.238. The molecule has 2 aliphatic rings. The summed E-state index contributed by atoms with van der Waals surface area (Å²) in [6, 6.07) is 6.51. The van der Waals surface area contributed by atoms with Crippen molar-refractivity contribution in [3.05, 3.63) is 23.8 Å². The van der Waals surface area contributed by atoms with Crippen molar-refractivity contribution in [3.8, 4) is 0 Å². The third kappa shape index (κ3) is 1.69. The predicted octanol–water partition coefficient (Wildman–Crippen LogP) is 0.979. The van der Waals surface area contributed by atoms with E-state index in [0.29, 0.717) is 12.5 Å². The number of hydrogen-bond donors (Lipinski definition) is 2. The van der Waals surface area contributed by atoms with Crippen molar-refractivity contribution in [2.75, 3.05) is 30.4 Å². The van der Waals surface area contributed by atoms with Gasteiger partial charge >= 0.3 is 0 Å². The van der Waals surface area contributed by atoms with E-state index in [-0.39, 0.29) is 5.91 Å². The number of carbonyl (C=O) groups is 1. The van der Waals surface area contributed by atoms with Crippen LogP contribution in [0, 0.1) is 0 Å². The summed E-state index contributed by atoms with van der Waals surface area (Å²) in [6.45, 7) is 1.93. The number of benzene rings is 1. The molecular formula is C13H17N3O. The first kappa shape index (κ1) is 10.6. The van der Waals surface area contributed by atoms with Gasteiger partial charge in [0.2, 0.25) is 5.91 Å². The van der Waals surface area contributed by atoms with Gasteiger partial charge in [-0.15, -0.1) is 0 Å². The zero-order valence-electron chi connectivity index (χ0n) is 9.99. The highest BCUT2D eigenvalue weighted by Gasteiger charge is 2.34. The van der Waals surface area contributed by atoms with Gasteiger partial charge in [0, 0.05) is 25.0 Å². The molecule has 0 saturated carbocycles. The molecule has 17 heavy (non-hydrogen) atoms. The fraction of sp³-hybridized carbons (Fsp3) is 0.462. The van der Waals surface area contributed by atoms with Crippen molar-refractivity contribution in [2.24, 2.45) is 0 Å². The SMILES string of the molecule is CNc1ccc2c(c1)CC(=O)N2C1CCNC1. The molecule has 3 rings (SSSR count). The van der Waals surface area contributed by atoms with Crippen molar-refractivity contribution >= 4 is 17.3 Å². The van der Waals surface area contributed by atoms with Crippen molar-refractivity contribution < 1.29 is 4.79 Å². The first-order chi connectivity index (χ1) is 8.29. The Labute approximate surface area is 101 Å². The van der Waals surface area contributed by atoms with Gasteiger partial charge in [-0.25, -0.2) is 0 Å². The van der Waals surface area contributed by atoms with E-state index in [1.54, 1.807) is 0 Å². The molecule has 1 aromatic rings. The lowest BCUT2D eigenvalue weighted by Gasteiger charge is -2.24. The number of amides is 1. The second-order valence-corrected chi connectivity index (χ2v) is 4.68. The molecular weight excluding hydrogens is 214 g/mol. The molecule has 1 unspecified atom stereocenters. The van der Waals surface area contributed by atoms with E-state index < -0.39 is 0 Å². The van der Waals surface area contributed by atoms with Gasteiger partial charge in [0.15, 0.2) is 0 Å². The molecule has 1 saturated heterocycles. The van der Waals surface area contributed by atoms with Gasteiger partial charge in [0.1, 0.15) is 0 Å². The second-order valence-electron chi connectivity index (χ2n) is 4.68. The molecule has 0 radical (unpaired) electrons. The molecule has 4 nitrogen and oxygen atoms in total. The van der Waals surface area contributed by atoms with Crippen LogP contribution in [-0.2, 0) is 11.2 Å². The minimum Gasteiger partial charge on any atom is -0.388 e. The fourth-order valence-electron chi connectivity index (χ4n) is 2.76. The van der Waals surface area contributed by atoms with E-state index >= 15 is 0 Å². The maximum Gasteiger partial charge on any atom is 0.231 e. The normalized spacial score (nSPS) is 23.0. The van der Waals surface area contributed by atoms with Crippen LogP contribution in [-0.4, -0.2) is 32.1 Å². The maximum atomic E-state index is 12.1. The molecule has 2 N–H and O–H groups in total. The quantitative estimate of drug-likeness (QED) is 0.797. The average Bonchev–Trinajstić information content (AvgIpc) is 2.93. The topological polar surface area (TPSA) is 44.4 Å². The molecule has 0 spiro atoms. The van der Waals surface area contributed by atoms with Crippen LogP contribution < -0.4 is 15.5 Å². The van der Waals surface area contributed by atoms with E-state index in [1.807, 2.05) is 18.0 Å². The Balaban J connectivity index is 1.95. The summed E-state index contributed by atoms with van der Waals surface area (Å²) < 4.78 is 0. The van der Waals surface area contributed by atoms with Crippen LogP contribution in [0.2, 0.25) is 0 Å². The lowest BCUT2D eigenvalue weighted by atomic mass is 10.1. The number of anilines is 2. The van der Waals surface area contributed by atoms with Crippen LogP contribution in [0.1, 0.15) is 12.0 Å². The standard InChI is InChI=1S/C13H17N3O/c1-14-10-2-3-12-9(6-10)7-13(17)16(12)11-4-5-15-8-11/h2-3,6,11,14-15H,4-5,7-8H2,1H3. The van der Waals surface area contributed by atoms with Crippen LogP contribution in [0.25, 0.3) is 0 Å². The Morgan fingerprint density at radius 2 is 2.35 bits per heavy atom. The molecule has 0 aliphatic carbocycles. The number of nitrogens with zero attached hydrogens (tertiary/aromatic N) is 1. The average molecular weight is 231 g/mol. The fourth-order valence-corrected chi connectivity index (χ4v) is 2.76.